The Kier molecular flexibility index (Phi) is 8.52. The molecule has 0 aliphatic carbocycles. The third-order valence-corrected chi connectivity index (χ3v) is 4.29. The summed E-state index contributed by atoms with van der Waals surface area (Å²) in [7, 11) is 0. The Morgan fingerprint density at radius 3 is 2.78 bits per heavy atom. The van der Waals surface area contributed by atoms with Gasteiger partial charge in [-0.2, -0.15) is 0 Å². The van der Waals surface area contributed by atoms with Crippen molar-refractivity contribution in [1.29, 1.82) is 0 Å². The van der Waals surface area contributed by atoms with E-state index in [1.165, 1.54) is 18.6 Å². The largest absolute Gasteiger partial charge is 0.348 e. The molecule has 130 valence electrons. The monoisotopic (exact) mass is 343 g/mol. The van der Waals surface area contributed by atoms with Gasteiger partial charge >= 0.3 is 0 Å². The molecule has 0 bridgehead atoms. The molecule has 1 saturated heterocycles. The zero-order valence-corrected chi connectivity index (χ0v) is 14.4. The van der Waals surface area contributed by atoms with E-state index in [4.69, 9.17) is 5.73 Å². The first-order valence-corrected chi connectivity index (χ1v) is 8.05. The molecular formula is C17H27ClFN3O. The summed E-state index contributed by atoms with van der Waals surface area (Å²) < 4.78 is 12.9. The third-order valence-electron chi connectivity index (χ3n) is 4.29. The molecule has 0 spiro atoms. The number of hydrogen-bond donors (Lipinski definition) is 2. The summed E-state index contributed by atoms with van der Waals surface area (Å²) >= 11 is 0. The molecule has 0 aromatic heterocycles. The zero-order chi connectivity index (χ0) is 15.9. The van der Waals surface area contributed by atoms with Gasteiger partial charge in [0.05, 0.1) is 12.6 Å². The molecule has 0 radical (unpaired) electrons. The normalized spacial score (nSPS) is 19.7. The second kappa shape index (κ2) is 9.85. The predicted octanol–water partition coefficient (Wildman–Crippen LogP) is 2.49. The topological polar surface area (TPSA) is 58.4 Å². The van der Waals surface area contributed by atoms with Crippen LogP contribution in [0.5, 0.6) is 0 Å². The molecule has 1 aromatic rings. The van der Waals surface area contributed by atoms with E-state index in [2.05, 4.69) is 10.2 Å². The molecule has 1 aliphatic heterocycles. The molecule has 0 saturated carbocycles. The van der Waals surface area contributed by atoms with E-state index >= 15 is 0 Å². The maximum Gasteiger partial charge on any atom is 0.234 e. The van der Waals surface area contributed by atoms with Gasteiger partial charge in [-0.3, -0.25) is 9.69 Å². The van der Waals surface area contributed by atoms with Gasteiger partial charge in [0.2, 0.25) is 5.91 Å². The van der Waals surface area contributed by atoms with Gasteiger partial charge in [-0.15, -0.1) is 12.4 Å². The first kappa shape index (κ1) is 19.9. The van der Waals surface area contributed by atoms with E-state index in [0.717, 1.165) is 31.5 Å². The smallest absolute Gasteiger partial charge is 0.234 e. The molecule has 1 aliphatic rings. The van der Waals surface area contributed by atoms with Gasteiger partial charge in [-0.25, -0.2) is 4.39 Å². The molecule has 1 aromatic carbocycles. The summed E-state index contributed by atoms with van der Waals surface area (Å²) in [5, 5.41) is 2.98. The van der Waals surface area contributed by atoms with Gasteiger partial charge in [-0.1, -0.05) is 12.1 Å². The van der Waals surface area contributed by atoms with Crippen molar-refractivity contribution in [2.75, 3.05) is 26.2 Å². The third kappa shape index (κ3) is 6.45. The number of benzene rings is 1. The highest BCUT2D eigenvalue weighted by atomic mass is 35.5. The minimum atomic E-state index is -0.262. The van der Waals surface area contributed by atoms with Crippen LogP contribution in [-0.4, -0.2) is 37.0 Å². The molecule has 2 rings (SSSR count). The summed E-state index contributed by atoms with van der Waals surface area (Å²) in [6, 6.07) is 6.13. The number of halogens is 2. The summed E-state index contributed by atoms with van der Waals surface area (Å²) in [4.78, 5) is 14.4. The number of likely N-dealkylation sites (tertiary alicyclic amines) is 1. The lowest BCUT2D eigenvalue weighted by Crippen LogP contribution is -2.43. The van der Waals surface area contributed by atoms with E-state index in [1.54, 1.807) is 12.1 Å². The van der Waals surface area contributed by atoms with Crippen molar-refractivity contribution < 1.29 is 9.18 Å². The van der Waals surface area contributed by atoms with Crippen LogP contribution in [0, 0.1) is 11.7 Å². The molecule has 1 fully saturated rings. The highest BCUT2D eigenvalue weighted by molar-refractivity contribution is 5.85. The summed E-state index contributed by atoms with van der Waals surface area (Å²) in [6.45, 7) is 4.98. The lowest BCUT2D eigenvalue weighted by atomic mass is 9.95. The molecule has 2 atom stereocenters. The quantitative estimate of drug-likeness (QED) is 0.834. The van der Waals surface area contributed by atoms with Crippen molar-refractivity contribution >= 4 is 18.3 Å². The van der Waals surface area contributed by atoms with Crippen molar-refractivity contribution in [2.24, 2.45) is 11.7 Å². The first-order valence-electron chi connectivity index (χ1n) is 8.05. The van der Waals surface area contributed by atoms with Crippen molar-refractivity contribution in [1.82, 2.24) is 10.2 Å². The van der Waals surface area contributed by atoms with E-state index in [-0.39, 0.29) is 30.2 Å². The van der Waals surface area contributed by atoms with E-state index in [0.29, 0.717) is 19.0 Å². The standard InChI is InChI=1S/C17H26FN3O.ClH/c1-13(15-4-6-16(18)7-5-15)20-17(22)12-21-10-2-3-14(11-21)8-9-19;/h4-7,13-14H,2-3,8-12,19H2,1H3,(H,20,22);1H. The van der Waals surface area contributed by atoms with Crippen LogP contribution < -0.4 is 11.1 Å². The second-order valence-electron chi connectivity index (χ2n) is 6.16. The highest BCUT2D eigenvalue weighted by Crippen LogP contribution is 2.19. The van der Waals surface area contributed by atoms with Crippen molar-refractivity contribution in [3.05, 3.63) is 35.6 Å². The number of nitrogens with two attached hydrogens (primary N) is 1. The fraction of sp³-hybridized carbons (Fsp3) is 0.588. The molecule has 4 nitrogen and oxygen atoms in total. The van der Waals surface area contributed by atoms with Crippen molar-refractivity contribution in [2.45, 2.75) is 32.2 Å². The molecule has 3 N–H and O–H groups in total. The Labute approximate surface area is 144 Å². The summed E-state index contributed by atoms with van der Waals surface area (Å²) in [6.07, 6.45) is 3.37. The fourth-order valence-corrected chi connectivity index (χ4v) is 3.09. The zero-order valence-electron chi connectivity index (χ0n) is 13.6. The van der Waals surface area contributed by atoms with Crippen molar-refractivity contribution in [3.63, 3.8) is 0 Å². The van der Waals surface area contributed by atoms with Gasteiger partial charge < -0.3 is 11.1 Å². The Bertz CT molecular complexity index is 481. The first-order chi connectivity index (χ1) is 10.6. The molecule has 2 unspecified atom stereocenters. The Morgan fingerprint density at radius 1 is 1.43 bits per heavy atom. The number of amides is 1. The van der Waals surface area contributed by atoms with Crippen LogP contribution in [-0.2, 0) is 4.79 Å². The minimum Gasteiger partial charge on any atom is -0.348 e. The summed E-state index contributed by atoms with van der Waals surface area (Å²) in [5.41, 5.74) is 6.53. The van der Waals surface area contributed by atoms with Crippen LogP contribution in [0.25, 0.3) is 0 Å². The molecule has 1 heterocycles. The van der Waals surface area contributed by atoms with Gasteiger partial charge in [0, 0.05) is 6.54 Å². The maximum atomic E-state index is 12.9. The van der Waals surface area contributed by atoms with Gasteiger partial charge in [-0.05, 0) is 62.9 Å². The molecule has 6 heteroatoms. The molecule has 23 heavy (non-hydrogen) atoms. The van der Waals surface area contributed by atoms with Gasteiger partial charge in [0.1, 0.15) is 5.82 Å². The van der Waals surface area contributed by atoms with Crippen LogP contribution in [0.3, 0.4) is 0 Å². The van der Waals surface area contributed by atoms with Crippen LogP contribution >= 0.6 is 12.4 Å². The lowest BCUT2D eigenvalue weighted by molar-refractivity contribution is -0.123. The van der Waals surface area contributed by atoms with Gasteiger partial charge in [0.15, 0.2) is 0 Å². The Hall–Kier alpha value is -1.17. The van der Waals surface area contributed by atoms with Crippen molar-refractivity contribution in [3.8, 4) is 0 Å². The van der Waals surface area contributed by atoms with E-state index in [1.807, 2.05) is 6.92 Å². The minimum absolute atomic E-state index is 0. The number of carbonyl (C=O) groups is 1. The van der Waals surface area contributed by atoms with E-state index < -0.39 is 0 Å². The molecular weight excluding hydrogens is 317 g/mol. The van der Waals surface area contributed by atoms with Gasteiger partial charge in [0.25, 0.3) is 0 Å². The second-order valence-corrected chi connectivity index (χ2v) is 6.16. The number of rotatable bonds is 6. The Morgan fingerprint density at radius 2 is 2.13 bits per heavy atom. The number of nitrogens with one attached hydrogen (secondary N) is 1. The number of nitrogens with zero attached hydrogens (tertiary/aromatic N) is 1. The lowest BCUT2D eigenvalue weighted by Gasteiger charge is -2.32. The maximum absolute atomic E-state index is 12.9. The highest BCUT2D eigenvalue weighted by Gasteiger charge is 2.21. The number of carbonyl (C=O) groups excluding carboxylic acids is 1. The fourth-order valence-electron chi connectivity index (χ4n) is 3.09. The average Bonchev–Trinajstić information content (AvgIpc) is 2.48. The molecule has 1 amide bonds. The number of piperidine rings is 1. The predicted molar refractivity (Wildman–Crippen MR) is 93.0 cm³/mol. The SMILES string of the molecule is CC(NC(=O)CN1CCCC(CCN)C1)c1ccc(F)cc1.Cl. The average molecular weight is 344 g/mol. The van der Waals surface area contributed by atoms with Crippen LogP contribution in [0.4, 0.5) is 4.39 Å². The van der Waals surface area contributed by atoms with Crippen LogP contribution in [0.2, 0.25) is 0 Å². The van der Waals surface area contributed by atoms with Crippen LogP contribution in [0.1, 0.15) is 37.8 Å². The summed E-state index contributed by atoms with van der Waals surface area (Å²) in [5.74, 6) is 0.368. The van der Waals surface area contributed by atoms with Crippen LogP contribution in [0.15, 0.2) is 24.3 Å². The number of hydrogen-bond acceptors (Lipinski definition) is 3. The van der Waals surface area contributed by atoms with E-state index in [9.17, 15) is 9.18 Å². The Balaban J connectivity index is 0.00000264.